The fraction of sp³-hybridized carbons (Fsp3) is 0.375. The molecule has 0 aliphatic rings. The molecule has 0 radical (unpaired) electrons. The van der Waals surface area contributed by atoms with Gasteiger partial charge in [-0.2, -0.15) is 4.98 Å². The number of aryl methyl sites for hydroxylation is 3. The van der Waals surface area contributed by atoms with Crippen LogP contribution < -0.4 is 10.1 Å². The standard InChI is InChI=1S/C16H20FN3O/c1-5-21-14-8-12(4)19-16(20-14)18-9-13-6-10(2)15(17)11(3)7-13/h6-8H,5,9H2,1-4H3,(H,18,19,20). The molecule has 1 heterocycles. The predicted octanol–water partition coefficient (Wildman–Crippen LogP) is 3.55. The van der Waals surface area contributed by atoms with E-state index in [2.05, 4.69) is 15.3 Å². The van der Waals surface area contributed by atoms with Gasteiger partial charge in [0.2, 0.25) is 11.8 Å². The van der Waals surface area contributed by atoms with Crippen LogP contribution in [-0.4, -0.2) is 16.6 Å². The summed E-state index contributed by atoms with van der Waals surface area (Å²) in [4.78, 5) is 8.60. The lowest BCUT2D eigenvalue weighted by molar-refractivity contribution is 0.326. The van der Waals surface area contributed by atoms with Crippen LogP contribution in [0.5, 0.6) is 5.88 Å². The van der Waals surface area contributed by atoms with Crippen LogP contribution in [0.3, 0.4) is 0 Å². The smallest absolute Gasteiger partial charge is 0.226 e. The minimum Gasteiger partial charge on any atom is -0.478 e. The van der Waals surface area contributed by atoms with E-state index in [1.165, 1.54) is 0 Å². The van der Waals surface area contributed by atoms with Gasteiger partial charge in [-0.15, -0.1) is 0 Å². The number of hydrogen-bond acceptors (Lipinski definition) is 4. The Morgan fingerprint density at radius 2 is 1.76 bits per heavy atom. The summed E-state index contributed by atoms with van der Waals surface area (Å²) in [7, 11) is 0. The van der Waals surface area contributed by atoms with Gasteiger partial charge < -0.3 is 10.1 Å². The second-order valence-electron chi connectivity index (χ2n) is 5.00. The summed E-state index contributed by atoms with van der Waals surface area (Å²) in [6.45, 7) is 8.43. The highest BCUT2D eigenvalue weighted by Crippen LogP contribution is 2.16. The number of hydrogen-bond donors (Lipinski definition) is 1. The average molecular weight is 289 g/mol. The van der Waals surface area contributed by atoms with E-state index in [0.717, 1.165) is 11.3 Å². The van der Waals surface area contributed by atoms with Crippen molar-refractivity contribution in [2.24, 2.45) is 0 Å². The number of nitrogens with zero attached hydrogens (tertiary/aromatic N) is 2. The monoisotopic (exact) mass is 289 g/mol. The predicted molar refractivity (Wildman–Crippen MR) is 81.1 cm³/mol. The molecule has 0 spiro atoms. The Kier molecular flexibility index (Phi) is 4.73. The first-order valence-corrected chi connectivity index (χ1v) is 6.97. The zero-order valence-electron chi connectivity index (χ0n) is 12.8. The maximum atomic E-state index is 13.6. The van der Waals surface area contributed by atoms with Gasteiger partial charge in [0.05, 0.1) is 6.61 Å². The van der Waals surface area contributed by atoms with Crippen LogP contribution in [0.15, 0.2) is 18.2 Å². The van der Waals surface area contributed by atoms with E-state index in [4.69, 9.17) is 4.74 Å². The molecule has 2 aromatic rings. The summed E-state index contributed by atoms with van der Waals surface area (Å²) >= 11 is 0. The van der Waals surface area contributed by atoms with Crippen molar-refractivity contribution >= 4 is 5.95 Å². The lowest BCUT2D eigenvalue weighted by Gasteiger charge is -2.10. The molecule has 0 amide bonds. The van der Waals surface area contributed by atoms with Gasteiger partial charge >= 0.3 is 0 Å². The first kappa shape index (κ1) is 15.2. The third kappa shape index (κ3) is 3.90. The highest BCUT2D eigenvalue weighted by molar-refractivity contribution is 5.35. The van der Waals surface area contributed by atoms with E-state index in [0.29, 0.717) is 36.1 Å². The third-order valence-electron chi connectivity index (χ3n) is 3.07. The van der Waals surface area contributed by atoms with Crippen LogP contribution in [0.4, 0.5) is 10.3 Å². The number of rotatable bonds is 5. The van der Waals surface area contributed by atoms with E-state index >= 15 is 0 Å². The van der Waals surface area contributed by atoms with Gasteiger partial charge in [-0.25, -0.2) is 9.37 Å². The quantitative estimate of drug-likeness (QED) is 0.914. The van der Waals surface area contributed by atoms with Gasteiger partial charge in [0.25, 0.3) is 0 Å². The lowest BCUT2D eigenvalue weighted by atomic mass is 10.1. The number of aromatic nitrogens is 2. The maximum Gasteiger partial charge on any atom is 0.226 e. The summed E-state index contributed by atoms with van der Waals surface area (Å²) in [5.74, 6) is 0.918. The Bertz CT molecular complexity index is 620. The Balaban J connectivity index is 2.12. The molecule has 1 aromatic heterocycles. The van der Waals surface area contributed by atoms with Gasteiger partial charge in [-0.05, 0) is 44.4 Å². The van der Waals surface area contributed by atoms with Gasteiger partial charge in [-0.3, -0.25) is 0 Å². The molecule has 0 unspecified atom stereocenters. The average Bonchev–Trinajstić information content (AvgIpc) is 2.42. The first-order chi connectivity index (χ1) is 9.99. The Morgan fingerprint density at radius 1 is 1.10 bits per heavy atom. The topological polar surface area (TPSA) is 47.0 Å². The molecule has 0 saturated carbocycles. The summed E-state index contributed by atoms with van der Waals surface area (Å²) < 4.78 is 19.0. The minimum absolute atomic E-state index is 0.149. The van der Waals surface area contributed by atoms with Crippen LogP contribution in [0.2, 0.25) is 0 Å². The van der Waals surface area contributed by atoms with Crippen molar-refractivity contribution in [1.82, 2.24) is 9.97 Å². The molecule has 0 aliphatic carbocycles. The Morgan fingerprint density at radius 3 is 2.38 bits per heavy atom. The normalized spacial score (nSPS) is 10.5. The third-order valence-corrected chi connectivity index (χ3v) is 3.07. The molecule has 2 rings (SSSR count). The molecule has 1 N–H and O–H groups in total. The number of anilines is 1. The van der Waals surface area contributed by atoms with Crippen molar-refractivity contribution in [2.45, 2.75) is 34.2 Å². The number of benzene rings is 1. The largest absolute Gasteiger partial charge is 0.478 e. The highest BCUT2D eigenvalue weighted by atomic mass is 19.1. The summed E-state index contributed by atoms with van der Waals surface area (Å²) in [6, 6.07) is 5.45. The van der Waals surface area contributed by atoms with Gasteiger partial charge in [0.15, 0.2) is 0 Å². The van der Waals surface area contributed by atoms with E-state index in [9.17, 15) is 4.39 Å². The summed E-state index contributed by atoms with van der Waals surface area (Å²) in [6.07, 6.45) is 0. The fourth-order valence-corrected chi connectivity index (χ4v) is 2.16. The van der Waals surface area contributed by atoms with E-state index < -0.39 is 0 Å². The molecule has 0 bridgehead atoms. The number of nitrogens with one attached hydrogen (secondary N) is 1. The summed E-state index contributed by atoms with van der Waals surface area (Å²) in [5, 5.41) is 3.15. The van der Waals surface area contributed by atoms with Gasteiger partial charge in [0.1, 0.15) is 5.82 Å². The van der Waals surface area contributed by atoms with Crippen LogP contribution in [0.1, 0.15) is 29.3 Å². The molecule has 4 nitrogen and oxygen atoms in total. The second kappa shape index (κ2) is 6.52. The van der Waals surface area contributed by atoms with Crippen molar-refractivity contribution in [3.8, 4) is 5.88 Å². The van der Waals surface area contributed by atoms with Crippen LogP contribution in [0.25, 0.3) is 0 Å². The SMILES string of the molecule is CCOc1cc(C)nc(NCc2cc(C)c(F)c(C)c2)n1. The molecule has 112 valence electrons. The van der Waals surface area contributed by atoms with E-state index in [1.807, 2.05) is 26.0 Å². The minimum atomic E-state index is -0.149. The van der Waals surface area contributed by atoms with Crippen LogP contribution in [0, 0.1) is 26.6 Å². The van der Waals surface area contributed by atoms with E-state index in [1.54, 1.807) is 19.9 Å². The highest BCUT2D eigenvalue weighted by Gasteiger charge is 2.06. The van der Waals surface area contributed by atoms with E-state index in [-0.39, 0.29) is 5.82 Å². The van der Waals surface area contributed by atoms with Crippen LogP contribution in [-0.2, 0) is 6.54 Å². The Labute approximate surface area is 124 Å². The van der Waals surface area contributed by atoms with Crippen molar-refractivity contribution in [3.05, 3.63) is 46.4 Å². The van der Waals surface area contributed by atoms with Gasteiger partial charge in [0, 0.05) is 18.3 Å². The molecule has 0 aliphatic heterocycles. The maximum absolute atomic E-state index is 13.6. The van der Waals surface area contributed by atoms with Gasteiger partial charge in [-0.1, -0.05) is 12.1 Å². The Hall–Kier alpha value is -2.17. The molecule has 0 atom stereocenters. The van der Waals surface area contributed by atoms with Crippen molar-refractivity contribution in [3.63, 3.8) is 0 Å². The zero-order chi connectivity index (χ0) is 15.4. The summed E-state index contributed by atoms with van der Waals surface area (Å²) in [5.41, 5.74) is 3.12. The molecule has 0 fully saturated rings. The molecule has 21 heavy (non-hydrogen) atoms. The number of halogens is 1. The number of ether oxygens (including phenoxy) is 1. The van der Waals surface area contributed by atoms with Crippen molar-refractivity contribution < 1.29 is 9.13 Å². The molecular formula is C16H20FN3O. The van der Waals surface area contributed by atoms with Crippen LogP contribution >= 0.6 is 0 Å². The van der Waals surface area contributed by atoms with Crippen molar-refractivity contribution in [2.75, 3.05) is 11.9 Å². The molecule has 1 aromatic carbocycles. The zero-order valence-corrected chi connectivity index (χ0v) is 12.8. The second-order valence-corrected chi connectivity index (χ2v) is 5.00. The molecule has 5 heteroatoms. The first-order valence-electron chi connectivity index (χ1n) is 6.97. The molecule has 0 saturated heterocycles. The van der Waals surface area contributed by atoms with Crippen molar-refractivity contribution in [1.29, 1.82) is 0 Å². The molecular weight excluding hydrogens is 269 g/mol. The lowest BCUT2D eigenvalue weighted by Crippen LogP contribution is -2.07. The fourth-order valence-electron chi connectivity index (χ4n) is 2.16.